The van der Waals surface area contributed by atoms with Crippen LogP contribution in [0.15, 0.2) is 18.2 Å². The number of rotatable bonds is 2. The molecule has 0 bridgehead atoms. The number of halogens is 2. The summed E-state index contributed by atoms with van der Waals surface area (Å²) in [5.41, 5.74) is 7.63. The number of hydrogen-bond acceptors (Lipinski definition) is 2. The van der Waals surface area contributed by atoms with Crippen molar-refractivity contribution in [1.29, 1.82) is 0 Å². The Labute approximate surface area is 127 Å². The van der Waals surface area contributed by atoms with Gasteiger partial charge in [-0.1, -0.05) is 6.07 Å². The third-order valence-electron chi connectivity index (χ3n) is 4.63. The summed E-state index contributed by atoms with van der Waals surface area (Å²) in [6.07, 6.45) is 5.70. The van der Waals surface area contributed by atoms with Gasteiger partial charge >= 0.3 is 0 Å². The van der Waals surface area contributed by atoms with Crippen LogP contribution in [0.4, 0.5) is 4.39 Å². The van der Waals surface area contributed by atoms with Gasteiger partial charge in [0.15, 0.2) is 0 Å². The smallest absolute Gasteiger partial charge is 0.124 e. The first-order valence-corrected chi connectivity index (χ1v) is 8.02. The minimum Gasteiger partial charge on any atom is -0.375 e. The summed E-state index contributed by atoms with van der Waals surface area (Å²) in [6, 6.07) is 4.91. The maximum Gasteiger partial charge on any atom is 0.124 e. The van der Waals surface area contributed by atoms with E-state index >= 15 is 0 Å². The first-order chi connectivity index (χ1) is 9.10. The molecule has 2 fully saturated rings. The lowest BCUT2D eigenvalue weighted by molar-refractivity contribution is -0.146. The summed E-state index contributed by atoms with van der Waals surface area (Å²) in [6.45, 7) is 0.816. The first-order valence-electron chi connectivity index (χ1n) is 6.94. The Bertz CT molecular complexity index is 475. The van der Waals surface area contributed by atoms with Crippen LogP contribution in [0.5, 0.6) is 0 Å². The van der Waals surface area contributed by atoms with Gasteiger partial charge < -0.3 is 10.5 Å². The second-order valence-electron chi connectivity index (χ2n) is 5.83. The lowest BCUT2D eigenvalue weighted by atomic mass is 9.70. The zero-order chi connectivity index (χ0) is 13.5. The van der Waals surface area contributed by atoms with Crippen molar-refractivity contribution < 1.29 is 9.13 Å². The van der Waals surface area contributed by atoms with Crippen LogP contribution in [-0.2, 0) is 4.74 Å². The molecular weight excluding hydrogens is 356 g/mol. The van der Waals surface area contributed by atoms with Gasteiger partial charge in [0, 0.05) is 16.2 Å². The summed E-state index contributed by atoms with van der Waals surface area (Å²) in [7, 11) is 0. The van der Waals surface area contributed by atoms with Crippen molar-refractivity contribution >= 4 is 22.6 Å². The third kappa shape index (κ3) is 2.67. The Morgan fingerprint density at radius 1 is 1.42 bits per heavy atom. The fourth-order valence-corrected chi connectivity index (χ4v) is 4.15. The molecule has 0 aromatic heterocycles. The van der Waals surface area contributed by atoms with E-state index in [0.717, 1.165) is 28.6 Å². The lowest BCUT2D eigenvalue weighted by Gasteiger charge is -2.48. The van der Waals surface area contributed by atoms with Crippen molar-refractivity contribution in [2.45, 2.75) is 43.7 Å². The fourth-order valence-electron chi connectivity index (χ4n) is 3.32. The van der Waals surface area contributed by atoms with Crippen molar-refractivity contribution in [3.63, 3.8) is 0 Å². The first kappa shape index (κ1) is 13.8. The molecule has 2 N–H and O–H groups in total. The van der Waals surface area contributed by atoms with Crippen LogP contribution in [0.25, 0.3) is 0 Å². The van der Waals surface area contributed by atoms with Crippen LogP contribution < -0.4 is 5.73 Å². The van der Waals surface area contributed by atoms with Crippen molar-refractivity contribution in [3.8, 4) is 0 Å². The second kappa shape index (κ2) is 5.30. The highest BCUT2D eigenvalue weighted by molar-refractivity contribution is 14.1. The second-order valence-corrected chi connectivity index (χ2v) is 6.99. The summed E-state index contributed by atoms with van der Waals surface area (Å²) in [5.74, 6) is 0.260. The molecule has 2 nitrogen and oxygen atoms in total. The number of ether oxygens (including phenoxy) is 1. The van der Waals surface area contributed by atoms with Crippen LogP contribution in [-0.4, -0.2) is 12.2 Å². The van der Waals surface area contributed by atoms with Gasteiger partial charge in [-0.15, -0.1) is 0 Å². The topological polar surface area (TPSA) is 35.2 Å². The molecule has 1 saturated carbocycles. The van der Waals surface area contributed by atoms with E-state index in [4.69, 9.17) is 10.5 Å². The van der Waals surface area contributed by atoms with E-state index in [9.17, 15) is 4.39 Å². The van der Waals surface area contributed by atoms with Gasteiger partial charge in [-0.25, -0.2) is 4.39 Å². The molecule has 2 atom stereocenters. The molecule has 19 heavy (non-hydrogen) atoms. The van der Waals surface area contributed by atoms with Crippen molar-refractivity contribution in [3.05, 3.63) is 33.1 Å². The van der Waals surface area contributed by atoms with Gasteiger partial charge in [-0.05, 0) is 78.3 Å². The van der Waals surface area contributed by atoms with Gasteiger partial charge in [0.2, 0.25) is 0 Å². The molecule has 1 aromatic rings. The normalized spacial score (nSPS) is 27.0. The monoisotopic (exact) mass is 375 g/mol. The van der Waals surface area contributed by atoms with Gasteiger partial charge in [-0.2, -0.15) is 0 Å². The molecule has 4 heteroatoms. The van der Waals surface area contributed by atoms with E-state index in [1.54, 1.807) is 6.07 Å². The summed E-state index contributed by atoms with van der Waals surface area (Å²) < 4.78 is 20.1. The fraction of sp³-hybridized carbons (Fsp3) is 0.600. The molecule has 104 valence electrons. The zero-order valence-electron chi connectivity index (χ0n) is 10.9. The molecule has 1 aromatic carbocycles. The highest BCUT2D eigenvalue weighted by Gasteiger charge is 2.44. The molecule has 1 spiro atoms. The molecule has 0 amide bonds. The predicted molar refractivity (Wildman–Crippen MR) is 81.3 cm³/mol. The van der Waals surface area contributed by atoms with E-state index in [-0.39, 0.29) is 17.5 Å². The molecule has 2 aliphatic rings. The molecule has 1 aliphatic carbocycles. The summed E-state index contributed by atoms with van der Waals surface area (Å²) in [4.78, 5) is 0. The molecule has 3 rings (SSSR count). The molecule has 2 unspecified atom stereocenters. The van der Waals surface area contributed by atoms with Gasteiger partial charge in [0.25, 0.3) is 0 Å². The van der Waals surface area contributed by atoms with Gasteiger partial charge in [0.05, 0.1) is 5.60 Å². The van der Waals surface area contributed by atoms with Crippen LogP contribution >= 0.6 is 22.6 Å². The van der Waals surface area contributed by atoms with E-state index < -0.39 is 0 Å². The largest absolute Gasteiger partial charge is 0.375 e. The third-order valence-corrected chi connectivity index (χ3v) is 5.56. The zero-order valence-corrected chi connectivity index (χ0v) is 13.0. The van der Waals surface area contributed by atoms with Gasteiger partial charge in [-0.3, -0.25) is 0 Å². The van der Waals surface area contributed by atoms with Crippen molar-refractivity contribution in [2.24, 2.45) is 11.7 Å². The predicted octanol–water partition coefficient (Wildman–Crippen LogP) is 3.78. The SMILES string of the molecule is NC(c1ccc(F)cc1I)C1CCOC2(CCC2)C1. The maximum atomic E-state index is 13.2. The molecule has 0 radical (unpaired) electrons. The standard InChI is InChI=1S/C15H19FINO/c16-11-2-3-12(13(17)8-11)14(18)10-4-7-19-15(9-10)5-1-6-15/h2-3,8,10,14H,1,4-7,9,18H2. The van der Waals surface area contributed by atoms with E-state index in [2.05, 4.69) is 22.6 Å². The Morgan fingerprint density at radius 3 is 2.84 bits per heavy atom. The molecule has 1 heterocycles. The Kier molecular flexibility index (Phi) is 3.84. The minimum absolute atomic E-state index is 0.00567. The minimum atomic E-state index is -0.192. The van der Waals surface area contributed by atoms with Crippen LogP contribution in [0.1, 0.15) is 43.7 Å². The van der Waals surface area contributed by atoms with Crippen LogP contribution in [0.2, 0.25) is 0 Å². The van der Waals surface area contributed by atoms with Crippen molar-refractivity contribution in [2.75, 3.05) is 6.61 Å². The molecule has 1 aliphatic heterocycles. The quantitative estimate of drug-likeness (QED) is 0.799. The van der Waals surface area contributed by atoms with E-state index in [1.807, 2.05) is 6.07 Å². The number of nitrogens with two attached hydrogens (primary N) is 1. The molecular formula is C15H19FINO. The average molecular weight is 375 g/mol. The van der Waals surface area contributed by atoms with Gasteiger partial charge in [0.1, 0.15) is 5.82 Å². The highest BCUT2D eigenvalue weighted by atomic mass is 127. The molecule has 1 saturated heterocycles. The highest BCUT2D eigenvalue weighted by Crippen LogP contribution is 2.46. The number of benzene rings is 1. The van der Waals surface area contributed by atoms with E-state index in [0.29, 0.717) is 5.92 Å². The maximum absolute atomic E-state index is 13.2. The Balaban J connectivity index is 1.77. The van der Waals surface area contributed by atoms with Crippen LogP contribution in [0, 0.1) is 15.3 Å². The summed E-state index contributed by atoms with van der Waals surface area (Å²) >= 11 is 2.18. The Morgan fingerprint density at radius 2 is 2.21 bits per heavy atom. The van der Waals surface area contributed by atoms with Crippen molar-refractivity contribution in [1.82, 2.24) is 0 Å². The number of hydrogen-bond donors (Lipinski definition) is 1. The van der Waals surface area contributed by atoms with Crippen LogP contribution in [0.3, 0.4) is 0 Å². The lowest BCUT2D eigenvalue weighted by Crippen LogP contribution is -2.47. The Hall–Kier alpha value is -0.200. The van der Waals surface area contributed by atoms with E-state index in [1.165, 1.54) is 25.3 Å². The summed E-state index contributed by atoms with van der Waals surface area (Å²) in [5, 5.41) is 0. The average Bonchev–Trinajstić information content (AvgIpc) is 2.36.